The molecule has 0 aliphatic carbocycles. The number of amides is 1. The third-order valence-corrected chi connectivity index (χ3v) is 3.59. The number of aromatic nitrogens is 2. The van der Waals surface area contributed by atoms with Gasteiger partial charge in [-0.2, -0.15) is 5.10 Å². The molecule has 9 heteroatoms. The number of carbonyl (C=O) groups is 1. The average molecular weight is 253 g/mol. The summed E-state index contributed by atoms with van der Waals surface area (Å²) in [5.41, 5.74) is 0.108. The van der Waals surface area contributed by atoms with Crippen molar-refractivity contribution in [1.29, 1.82) is 0 Å². The SMILES string of the molecule is Cc1nn(C)c(Cl)c1S(=O)(=O)NC(=O)[O-]. The fourth-order valence-corrected chi connectivity index (χ4v) is 2.66. The number of carboxylic acid groups (broad SMARTS) is 1. The normalized spacial score (nSPS) is 11.4. The lowest BCUT2D eigenvalue weighted by Gasteiger charge is -2.07. The number of nitrogens with zero attached hydrogens (tertiary/aromatic N) is 2. The van der Waals surface area contributed by atoms with E-state index in [1.165, 1.54) is 18.7 Å². The predicted molar refractivity (Wildman–Crippen MR) is 48.7 cm³/mol. The molecule has 1 amide bonds. The van der Waals surface area contributed by atoms with Crippen LogP contribution >= 0.6 is 11.6 Å². The zero-order valence-corrected chi connectivity index (χ0v) is 9.39. The van der Waals surface area contributed by atoms with Gasteiger partial charge >= 0.3 is 0 Å². The quantitative estimate of drug-likeness (QED) is 0.727. The first-order valence-corrected chi connectivity index (χ1v) is 5.54. The molecule has 15 heavy (non-hydrogen) atoms. The van der Waals surface area contributed by atoms with Crippen molar-refractivity contribution in [2.24, 2.45) is 7.05 Å². The van der Waals surface area contributed by atoms with Gasteiger partial charge in [0, 0.05) is 7.05 Å². The Hall–Kier alpha value is -1.28. The Balaban J connectivity index is 3.33. The number of carbonyl (C=O) groups excluding carboxylic acids is 1. The molecule has 0 atom stereocenters. The Kier molecular flexibility index (Phi) is 2.91. The first-order chi connectivity index (χ1) is 6.75. The average Bonchev–Trinajstić information content (AvgIpc) is 2.23. The van der Waals surface area contributed by atoms with Crippen molar-refractivity contribution in [3.05, 3.63) is 10.8 Å². The third-order valence-electron chi connectivity index (χ3n) is 1.59. The van der Waals surface area contributed by atoms with E-state index in [9.17, 15) is 18.3 Å². The summed E-state index contributed by atoms with van der Waals surface area (Å²) in [5, 5.41) is 13.7. The number of rotatable bonds is 2. The molecule has 0 unspecified atom stereocenters. The standard InChI is InChI=1S/C6H8ClN3O4S/c1-3-4(5(7)10(2)8-3)15(13,14)9-6(11)12/h9H,1-2H3,(H,11,12)/p-1. The highest BCUT2D eigenvalue weighted by atomic mass is 35.5. The van der Waals surface area contributed by atoms with Gasteiger partial charge in [-0.15, -0.1) is 0 Å². The van der Waals surface area contributed by atoms with E-state index in [-0.39, 0.29) is 15.7 Å². The van der Waals surface area contributed by atoms with Crippen LogP contribution in [0.1, 0.15) is 5.69 Å². The summed E-state index contributed by atoms with van der Waals surface area (Å²) in [4.78, 5) is 9.78. The lowest BCUT2D eigenvalue weighted by atomic mass is 10.5. The highest BCUT2D eigenvalue weighted by Crippen LogP contribution is 2.23. The van der Waals surface area contributed by atoms with Crippen molar-refractivity contribution >= 4 is 27.7 Å². The Morgan fingerprint density at radius 1 is 1.60 bits per heavy atom. The summed E-state index contributed by atoms with van der Waals surface area (Å²) >= 11 is 5.65. The van der Waals surface area contributed by atoms with Crippen LogP contribution in [0.3, 0.4) is 0 Å². The van der Waals surface area contributed by atoms with Crippen LogP contribution in [0.2, 0.25) is 5.15 Å². The highest BCUT2D eigenvalue weighted by molar-refractivity contribution is 7.90. The Morgan fingerprint density at radius 3 is 2.47 bits per heavy atom. The molecule has 0 radical (unpaired) electrons. The molecule has 1 aromatic heterocycles. The zero-order valence-electron chi connectivity index (χ0n) is 7.81. The van der Waals surface area contributed by atoms with Crippen LogP contribution in [0.25, 0.3) is 0 Å². The lowest BCUT2D eigenvalue weighted by molar-refractivity contribution is -0.247. The smallest absolute Gasteiger partial charge is 0.267 e. The van der Waals surface area contributed by atoms with Crippen molar-refractivity contribution in [1.82, 2.24) is 14.5 Å². The molecule has 1 rings (SSSR count). The second-order valence-corrected chi connectivity index (χ2v) is 4.70. The molecule has 0 aromatic carbocycles. The molecule has 1 heterocycles. The number of halogens is 1. The van der Waals surface area contributed by atoms with Crippen LogP contribution in [-0.4, -0.2) is 24.3 Å². The largest absolute Gasteiger partial charge is 0.529 e. The molecule has 0 aliphatic rings. The zero-order chi connectivity index (χ0) is 11.8. The summed E-state index contributed by atoms with van der Waals surface area (Å²) in [6.07, 6.45) is -1.92. The van der Waals surface area contributed by atoms with E-state index >= 15 is 0 Å². The number of hydrogen-bond donors (Lipinski definition) is 1. The van der Waals surface area contributed by atoms with Gasteiger partial charge in [0.05, 0.1) is 5.69 Å². The van der Waals surface area contributed by atoms with Gasteiger partial charge in [0.25, 0.3) is 10.0 Å². The fourth-order valence-electron chi connectivity index (χ4n) is 1.08. The van der Waals surface area contributed by atoms with Gasteiger partial charge in [0.2, 0.25) is 0 Å². The molecular formula is C6H7ClN3O4S-. The van der Waals surface area contributed by atoms with E-state index in [0.29, 0.717) is 0 Å². The summed E-state index contributed by atoms with van der Waals surface area (Å²) < 4.78 is 25.3. The number of aryl methyl sites for hydroxylation is 2. The van der Waals surface area contributed by atoms with Gasteiger partial charge in [0.1, 0.15) is 16.1 Å². The Bertz CT molecular complexity index is 507. The minimum absolute atomic E-state index is 0.108. The lowest BCUT2D eigenvalue weighted by Crippen LogP contribution is -2.40. The number of hydrogen-bond acceptors (Lipinski definition) is 5. The molecule has 0 bridgehead atoms. The third kappa shape index (κ3) is 2.21. The monoisotopic (exact) mass is 252 g/mol. The molecule has 84 valence electrons. The van der Waals surface area contributed by atoms with E-state index in [2.05, 4.69) is 5.10 Å². The van der Waals surface area contributed by atoms with Crippen molar-refractivity contribution in [2.75, 3.05) is 0 Å². The van der Waals surface area contributed by atoms with Gasteiger partial charge < -0.3 is 9.90 Å². The van der Waals surface area contributed by atoms with Gasteiger partial charge in [-0.05, 0) is 6.92 Å². The van der Waals surface area contributed by atoms with Crippen LogP contribution < -0.4 is 9.83 Å². The maximum absolute atomic E-state index is 11.4. The minimum Gasteiger partial charge on any atom is -0.529 e. The summed E-state index contributed by atoms with van der Waals surface area (Å²) in [7, 11) is -2.79. The molecule has 1 N–H and O–H groups in total. The van der Waals surface area contributed by atoms with E-state index in [1.54, 1.807) is 0 Å². The second kappa shape index (κ2) is 3.70. The Morgan fingerprint density at radius 2 is 2.13 bits per heavy atom. The van der Waals surface area contributed by atoms with Crippen molar-refractivity contribution < 1.29 is 18.3 Å². The van der Waals surface area contributed by atoms with Gasteiger partial charge in [-0.3, -0.25) is 9.40 Å². The van der Waals surface area contributed by atoms with Gasteiger partial charge in [-0.25, -0.2) is 8.42 Å². The number of nitrogens with one attached hydrogen (secondary N) is 1. The van der Waals surface area contributed by atoms with Gasteiger partial charge in [0.15, 0.2) is 0 Å². The van der Waals surface area contributed by atoms with Crippen molar-refractivity contribution in [2.45, 2.75) is 11.8 Å². The molecule has 0 saturated carbocycles. The highest BCUT2D eigenvalue weighted by Gasteiger charge is 2.24. The van der Waals surface area contributed by atoms with Crippen LogP contribution in [0.15, 0.2) is 4.90 Å². The maximum Gasteiger partial charge on any atom is 0.267 e. The fraction of sp³-hybridized carbons (Fsp3) is 0.333. The number of sulfonamides is 1. The molecule has 0 spiro atoms. The molecule has 7 nitrogen and oxygen atoms in total. The topological polar surface area (TPSA) is 104 Å². The minimum atomic E-state index is -4.23. The van der Waals surface area contributed by atoms with Crippen LogP contribution in [0, 0.1) is 6.92 Å². The molecule has 0 saturated heterocycles. The van der Waals surface area contributed by atoms with Crippen LogP contribution in [0.4, 0.5) is 4.79 Å². The Labute approximate surface area is 90.7 Å². The van der Waals surface area contributed by atoms with Crippen LogP contribution in [0.5, 0.6) is 0 Å². The summed E-state index contributed by atoms with van der Waals surface area (Å²) in [6.45, 7) is 1.40. The molecule has 0 aliphatic heterocycles. The molecule has 1 aromatic rings. The molecule has 0 fully saturated rings. The molecular weight excluding hydrogens is 246 g/mol. The van der Waals surface area contributed by atoms with Crippen molar-refractivity contribution in [3.63, 3.8) is 0 Å². The second-order valence-electron chi connectivity index (χ2n) is 2.72. The summed E-state index contributed by atoms with van der Waals surface area (Å²) in [6, 6.07) is 0. The van der Waals surface area contributed by atoms with Crippen LogP contribution in [-0.2, 0) is 17.1 Å². The predicted octanol–water partition coefficient (Wildman–Crippen LogP) is -0.996. The van der Waals surface area contributed by atoms with E-state index in [0.717, 1.165) is 4.68 Å². The van der Waals surface area contributed by atoms with Crippen molar-refractivity contribution in [3.8, 4) is 0 Å². The van der Waals surface area contributed by atoms with E-state index in [1.807, 2.05) is 0 Å². The maximum atomic E-state index is 11.4. The first-order valence-electron chi connectivity index (χ1n) is 3.68. The first kappa shape index (κ1) is 11.8. The van der Waals surface area contributed by atoms with E-state index < -0.39 is 16.1 Å². The van der Waals surface area contributed by atoms with E-state index in [4.69, 9.17) is 11.6 Å². The summed E-state index contributed by atoms with van der Waals surface area (Å²) in [5.74, 6) is 0. The van der Waals surface area contributed by atoms with Gasteiger partial charge in [-0.1, -0.05) is 11.6 Å².